The van der Waals surface area contributed by atoms with E-state index in [2.05, 4.69) is 0 Å². The Morgan fingerprint density at radius 2 is 2.08 bits per heavy atom. The number of carbonyl (C=O) groups is 2. The van der Waals surface area contributed by atoms with Crippen LogP contribution in [0.4, 0.5) is 0 Å². The second kappa shape index (κ2) is 7.53. The van der Waals surface area contributed by atoms with Crippen molar-refractivity contribution in [2.45, 2.75) is 19.1 Å². The van der Waals surface area contributed by atoms with Crippen LogP contribution in [-0.4, -0.2) is 46.9 Å². The van der Waals surface area contributed by atoms with E-state index in [1.165, 1.54) is 6.26 Å². The van der Waals surface area contributed by atoms with Gasteiger partial charge < -0.3 is 19.3 Å². The summed E-state index contributed by atoms with van der Waals surface area (Å²) in [5.41, 5.74) is 0.972. The van der Waals surface area contributed by atoms with Crippen molar-refractivity contribution in [1.29, 1.82) is 0 Å². The summed E-state index contributed by atoms with van der Waals surface area (Å²) in [6.07, 6.45) is 0.807. The molecule has 25 heavy (non-hydrogen) atoms. The van der Waals surface area contributed by atoms with Gasteiger partial charge in [0.1, 0.15) is 11.9 Å². The molecule has 0 aliphatic carbocycles. The van der Waals surface area contributed by atoms with E-state index in [0.29, 0.717) is 18.8 Å². The van der Waals surface area contributed by atoms with Gasteiger partial charge in [-0.15, -0.1) is 0 Å². The number of nitrogens with zero attached hydrogens (tertiary/aromatic N) is 2. The summed E-state index contributed by atoms with van der Waals surface area (Å²) in [7, 11) is 1.70. The highest BCUT2D eigenvalue weighted by Gasteiger charge is 2.35. The van der Waals surface area contributed by atoms with Crippen molar-refractivity contribution < 1.29 is 19.1 Å². The van der Waals surface area contributed by atoms with Gasteiger partial charge in [0, 0.05) is 26.6 Å². The lowest BCUT2D eigenvalue weighted by atomic mass is 10.1. The van der Waals surface area contributed by atoms with Crippen molar-refractivity contribution in [3.8, 4) is 0 Å². The first-order valence-electron chi connectivity index (χ1n) is 8.32. The lowest BCUT2D eigenvalue weighted by Gasteiger charge is -2.27. The van der Waals surface area contributed by atoms with Gasteiger partial charge in [0.15, 0.2) is 0 Å². The van der Waals surface area contributed by atoms with Crippen molar-refractivity contribution in [1.82, 2.24) is 9.80 Å². The molecule has 0 bridgehead atoms. The molecule has 2 amide bonds. The number of hydrogen-bond donors (Lipinski definition) is 1. The molecule has 3 rings (SSSR count). The highest BCUT2D eigenvalue weighted by molar-refractivity contribution is 5.89. The summed E-state index contributed by atoms with van der Waals surface area (Å²) in [5.74, 6) is -0.0905. The van der Waals surface area contributed by atoms with E-state index in [1.807, 2.05) is 30.3 Å². The van der Waals surface area contributed by atoms with E-state index in [9.17, 15) is 14.7 Å². The van der Waals surface area contributed by atoms with Crippen LogP contribution in [-0.2, 0) is 16.1 Å². The van der Waals surface area contributed by atoms with Crippen LogP contribution in [0, 0.1) is 5.92 Å². The van der Waals surface area contributed by atoms with Crippen molar-refractivity contribution in [2.75, 3.05) is 20.1 Å². The smallest absolute Gasteiger partial charge is 0.228 e. The predicted molar refractivity (Wildman–Crippen MR) is 91.3 cm³/mol. The molecule has 1 aliphatic rings. The van der Waals surface area contributed by atoms with Gasteiger partial charge in [-0.1, -0.05) is 30.3 Å². The van der Waals surface area contributed by atoms with E-state index in [-0.39, 0.29) is 30.7 Å². The zero-order valence-corrected chi connectivity index (χ0v) is 14.2. The third-order valence-electron chi connectivity index (χ3n) is 4.48. The van der Waals surface area contributed by atoms with Gasteiger partial charge >= 0.3 is 0 Å². The Bertz CT molecular complexity index is 714. The van der Waals surface area contributed by atoms with Crippen LogP contribution in [0.3, 0.4) is 0 Å². The SMILES string of the molecule is CN1C[C@@H](C(=O)N(Cc2ccccc2)C[C@H](O)c2ccco2)CC1=O. The van der Waals surface area contributed by atoms with Gasteiger partial charge in [0.05, 0.1) is 18.7 Å². The maximum absolute atomic E-state index is 13.0. The second-order valence-electron chi connectivity index (χ2n) is 6.41. The average Bonchev–Trinajstić information content (AvgIpc) is 3.25. The van der Waals surface area contributed by atoms with Crippen LogP contribution in [0.1, 0.15) is 23.8 Å². The van der Waals surface area contributed by atoms with Crippen LogP contribution in [0.2, 0.25) is 0 Å². The molecular weight excluding hydrogens is 320 g/mol. The molecule has 0 unspecified atom stereocenters. The van der Waals surface area contributed by atoms with Gasteiger partial charge in [0.2, 0.25) is 11.8 Å². The zero-order valence-electron chi connectivity index (χ0n) is 14.2. The Labute approximate surface area is 146 Å². The van der Waals surface area contributed by atoms with Gasteiger partial charge in [-0.3, -0.25) is 9.59 Å². The molecule has 2 heterocycles. The topological polar surface area (TPSA) is 74.0 Å². The lowest BCUT2D eigenvalue weighted by Crippen LogP contribution is -2.39. The van der Waals surface area contributed by atoms with Crippen molar-refractivity contribution in [3.05, 3.63) is 60.1 Å². The lowest BCUT2D eigenvalue weighted by molar-refractivity contribution is -0.138. The molecular formula is C19H22N2O4. The van der Waals surface area contributed by atoms with Crippen molar-refractivity contribution in [2.24, 2.45) is 5.92 Å². The van der Waals surface area contributed by atoms with Crippen molar-refractivity contribution in [3.63, 3.8) is 0 Å². The average molecular weight is 342 g/mol. The standard InChI is InChI=1S/C19H22N2O4/c1-20-12-15(10-18(20)23)19(24)21(11-14-6-3-2-4-7-14)13-16(22)17-8-5-9-25-17/h2-9,15-16,22H,10-13H2,1H3/t15-,16-/m0/s1. The molecule has 0 saturated carbocycles. The maximum Gasteiger partial charge on any atom is 0.228 e. The van der Waals surface area contributed by atoms with E-state index in [0.717, 1.165) is 5.56 Å². The number of aliphatic hydroxyl groups is 1. The minimum atomic E-state index is -0.905. The molecule has 132 valence electrons. The number of amides is 2. The first-order chi connectivity index (χ1) is 12.0. The quantitative estimate of drug-likeness (QED) is 0.869. The third kappa shape index (κ3) is 4.09. The van der Waals surface area contributed by atoms with Crippen LogP contribution in [0.25, 0.3) is 0 Å². The van der Waals surface area contributed by atoms with Gasteiger partial charge in [-0.05, 0) is 17.7 Å². The molecule has 1 aromatic heterocycles. The highest BCUT2D eigenvalue weighted by atomic mass is 16.4. The Balaban J connectivity index is 1.76. The van der Waals surface area contributed by atoms with Gasteiger partial charge in [-0.2, -0.15) is 0 Å². The number of likely N-dealkylation sites (tertiary alicyclic amines) is 1. The number of aliphatic hydroxyl groups excluding tert-OH is 1. The monoisotopic (exact) mass is 342 g/mol. The largest absolute Gasteiger partial charge is 0.467 e. The van der Waals surface area contributed by atoms with Crippen LogP contribution in [0.15, 0.2) is 53.1 Å². The first-order valence-corrected chi connectivity index (χ1v) is 8.32. The maximum atomic E-state index is 13.0. The van der Waals surface area contributed by atoms with E-state index in [4.69, 9.17) is 4.42 Å². The first kappa shape index (κ1) is 17.2. The van der Waals surface area contributed by atoms with Crippen LogP contribution in [0.5, 0.6) is 0 Å². The number of furan rings is 1. The summed E-state index contributed by atoms with van der Waals surface area (Å²) < 4.78 is 5.24. The molecule has 6 heteroatoms. The number of rotatable bonds is 6. The Hall–Kier alpha value is -2.60. The van der Waals surface area contributed by atoms with Crippen LogP contribution >= 0.6 is 0 Å². The highest BCUT2D eigenvalue weighted by Crippen LogP contribution is 2.22. The minimum Gasteiger partial charge on any atom is -0.467 e. The third-order valence-corrected chi connectivity index (χ3v) is 4.48. The molecule has 0 radical (unpaired) electrons. The molecule has 1 aliphatic heterocycles. The molecule has 6 nitrogen and oxygen atoms in total. The normalized spacial score (nSPS) is 18.4. The fourth-order valence-electron chi connectivity index (χ4n) is 3.10. The molecule has 0 spiro atoms. The minimum absolute atomic E-state index is 0.0235. The molecule has 1 saturated heterocycles. The summed E-state index contributed by atoms with van der Waals surface area (Å²) in [6, 6.07) is 13.0. The van der Waals surface area contributed by atoms with Gasteiger partial charge in [-0.25, -0.2) is 0 Å². The summed E-state index contributed by atoms with van der Waals surface area (Å²) in [4.78, 5) is 27.9. The van der Waals surface area contributed by atoms with Gasteiger partial charge in [0.25, 0.3) is 0 Å². The Morgan fingerprint density at radius 1 is 1.32 bits per heavy atom. The zero-order chi connectivity index (χ0) is 17.8. The second-order valence-corrected chi connectivity index (χ2v) is 6.41. The van der Waals surface area contributed by atoms with Crippen molar-refractivity contribution >= 4 is 11.8 Å². The molecule has 2 atom stereocenters. The fraction of sp³-hybridized carbons (Fsp3) is 0.368. The molecule has 2 aromatic rings. The number of carbonyl (C=O) groups excluding carboxylic acids is 2. The number of hydrogen-bond acceptors (Lipinski definition) is 4. The summed E-state index contributed by atoms with van der Waals surface area (Å²) in [6.45, 7) is 0.918. The molecule has 1 fully saturated rings. The van der Waals surface area contributed by atoms with E-state index < -0.39 is 6.10 Å². The molecule has 1 N–H and O–H groups in total. The Kier molecular flexibility index (Phi) is 5.19. The fourth-order valence-corrected chi connectivity index (χ4v) is 3.10. The number of benzene rings is 1. The predicted octanol–water partition coefficient (Wildman–Crippen LogP) is 1.82. The summed E-state index contributed by atoms with van der Waals surface area (Å²) >= 11 is 0. The van der Waals surface area contributed by atoms with Crippen LogP contribution < -0.4 is 0 Å². The Morgan fingerprint density at radius 3 is 2.68 bits per heavy atom. The molecule has 1 aromatic carbocycles. The summed E-state index contributed by atoms with van der Waals surface area (Å²) in [5, 5.41) is 10.4. The van der Waals surface area contributed by atoms with E-state index >= 15 is 0 Å². The van der Waals surface area contributed by atoms with E-state index in [1.54, 1.807) is 29.0 Å².